The van der Waals surface area contributed by atoms with Crippen LogP contribution in [0.2, 0.25) is 0 Å². The van der Waals surface area contributed by atoms with Crippen LogP contribution in [0.4, 0.5) is 0 Å². The van der Waals surface area contributed by atoms with Crippen LogP contribution in [0.1, 0.15) is 200 Å². The van der Waals surface area contributed by atoms with Gasteiger partial charge in [0.2, 0.25) is 5.91 Å². The molecule has 0 aliphatic rings. The summed E-state index contributed by atoms with van der Waals surface area (Å²) in [5.41, 5.74) is 0. The van der Waals surface area contributed by atoms with Crippen molar-refractivity contribution in [2.45, 2.75) is 212 Å². The molecule has 0 fully saturated rings. The molecule has 0 radical (unpaired) electrons. The van der Waals surface area contributed by atoms with Gasteiger partial charge in [0.15, 0.2) is 0 Å². The van der Waals surface area contributed by atoms with Crippen molar-refractivity contribution in [1.82, 2.24) is 5.32 Å². The standard InChI is InChI=1S/C48H91N2O6P/c1-6-8-10-12-14-16-18-20-21-22-23-24-25-26-27-28-29-30-32-34-36-38-40-42-48(52)49-46(45-56-57(53,54)55-44-43-50(3,4)5)47(51)41-39-37-35-33-31-19-17-15-13-11-9-7-2/h13,15,26-27,31,33,39,41,46-47,51H,6-12,14,16-25,28-30,32,34-38,40,42-45H2,1-5H3,(H-,49,52,53,54)/p+1/b15-13+,27-26-,33-31+,41-39+. The normalized spacial score (nSPS) is 14.7. The molecule has 9 heteroatoms. The second kappa shape index (κ2) is 39.9. The fourth-order valence-electron chi connectivity index (χ4n) is 6.46. The minimum atomic E-state index is -4.35. The first-order valence-electron chi connectivity index (χ1n) is 23.5. The Morgan fingerprint density at radius 2 is 0.982 bits per heavy atom. The molecule has 0 saturated carbocycles. The van der Waals surface area contributed by atoms with Crippen molar-refractivity contribution >= 4 is 13.7 Å². The van der Waals surface area contributed by atoms with Gasteiger partial charge in [0.1, 0.15) is 13.2 Å². The number of phosphoric ester groups is 1. The first-order chi connectivity index (χ1) is 27.5. The third kappa shape index (κ3) is 42.4. The molecule has 3 unspecified atom stereocenters. The van der Waals surface area contributed by atoms with Gasteiger partial charge >= 0.3 is 7.82 Å². The zero-order valence-corrected chi connectivity index (χ0v) is 38.7. The van der Waals surface area contributed by atoms with Crippen LogP contribution in [0, 0.1) is 0 Å². The number of amides is 1. The minimum absolute atomic E-state index is 0.0516. The molecule has 1 amide bonds. The topological polar surface area (TPSA) is 105 Å². The van der Waals surface area contributed by atoms with Crippen LogP contribution < -0.4 is 5.32 Å². The Balaban J connectivity index is 4.31. The first-order valence-corrected chi connectivity index (χ1v) is 25.0. The number of aliphatic hydroxyl groups excluding tert-OH is 1. The van der Waals surface area contributed by atoms with Gasteiger partial charge < -0.3 is 19.8 Å². The van der Waals surface area contributed by atoms with E-state index in [2.05, 4.69) is 55.6 Å². The molecule has 0 aromatic heterocycles. The summed E-state index contributed by atoms with van der Waals surface area (Å²) in [4.78, 5) is 23.1. The van der Waals surface area contributed by atoms with Gasteiger partial charge in [-0.3, -0.25) is 13.8 Å². The Kier molecular flexibility index (Phi) is 38.8. The van der Waals surface area contributed by atoms with Crippen LogP contribution in [-0.4, -0.2) is 73.4 Å². The molecule has 0 spiro atoms. The highest BCUT2D eigenvalue weighted by Crippen LogP contribution is 2.43. The van der Waals surface area contributed by atoms with Crippen LogP contribution in [0.25, 0.3) is 0 Å². The fourth-order valence-corrected chi connectivity index (χ4v) is 7.20. The second-order valence-electron chi connectivity index (χ2n) is 17.1. The van der Waals surface area contributed by atoms with Gasteiger partial charge in [-0.05, 0) is 64.2 Å². The van der Waals surface area contributed by atoms with Gasteiger partial charge in [0.25, 0.3) is 0 Å². The lowest BCUT2D eigenvalue weighted by molar-refractivity contribution is -0.870. The summed E-state index contributed by atoms with van der Waals surface area (Å²) in [5, 5.41) is 13.8. The first kappa shape index (κ1) is 55.5. The highest BCUT2D eigenvalue weighted by Gasteiger charge is 2.27. The lowest BCUT2D eigenvalue weighted by Gasteiger charge is -2.25. The third-order valence-corrected chi connectivity index (χ3v) is 11.2. The fraction of sp³-hybridized carbons (Fsp3) is 0.812. The lowest BCUT2D eigenvalue weighted by atomic mass is 10.0. The average Bonchev–Trinajstić information content (AvgIpc) is 3.16. The Bertz CT molecular complexity index is 1070. The molecule has 57 heavy (non-hydrogen) atoms. The van der Waals surface area contributed by atoms with E-state index in [1.54, 1.807) is 6.08 Å². The Morgan fingerprint density at radius 1 is 0.579 bits per heavy atom. The molecule has 0 rings (SSSR count). The molecular weight excluding hydrogens is 732 g/mol. The number of phosphoric acid groups is 1. The second-order valence-corrected chi connectivity index (χ2v) is 18.6. The van der Waals surface area contributed by atoms with E-state index in [9.17, 15) is 19.4 Å². The highest BCUT2D eigenvalue weighted by atomic mass is 31.2. The van der Waals surface area contributed by atoms with E-state index in [0.717, 1.165) is 51.4 Å². The van der Waals surface area contributed by atoms with Crippen molar-refractivity contribution < 1.29 is 32.9 Å². The van der Waals surface area contributed by atoms with E-state index in [1.807, 2.05) is 27.2 Å². The maximum Gasteiger partial charge on any atom is 0.472 e. The van der Waals surface area contributed by atoms with E-state index >= 15 is 0 Å². The predicted octanol–water partition coefficient (Wildman–Crippen LogP) is 13.2. The van der Waals surface area contributed by atoms with Crippen molar-refractivity contribution in [1.29, 1.82) is 0 Å². The highest BCUT2D eigenvalue weighted by molar-refractivity contribution is 7.47. The SMILES string of the molecule is CCCC/C=C/CC/C=C/CC/C=C/C(O)C(COP(=O)(O)OCC[N+](C)(C)C)NC(=O)CCCCCCCCC/C=C\CCCCCCCCCCCCCC. The summed E-state index contributed by atoms with van der Waals surface area (Å²) < 4.78 is 23.5. The van der Waals surface area contributed by atoms with E-state index in [4.69, 9.17) is 9.05 Å². The van der Waals surface area contributed by atoms with E-state index in [0.29, 0.717) is 17.4 Å². The average molecular weight is 824 g/mol. The van der Waals surface area contributed by atoms with Crippen LogP contribution in [-0.2, 0) is 18.4 Å². The number of rotatable bonds is 42. The Hall–Kier alpha value is -1.54. The van der Waals surface area contributed by atoms with Crippen molar-refractivity contribution in [3.05, 3.63) is 48.6 Å². The maximum atomic E-state index is 12.9. The zero-order chi connectivity index (χ0) is 42.1. The number of likely N-dealkylation sites (N-methyl/N-ethyl adjacent to an activating group) is 1. The number of hydrogen-bond acceptors (Lipinski definition) is 5. The molecule has 8 nitrogen and oxygen atoms in total. The lowest BCUT2D eigenvalue weighted by Crippen LogP contribution is -2.45. The smallest absolute Gasteiger partial charge is 0.387 e. The number of allylic oxidation sites excluding steroid dienone is 7. The number of carbonyl (C=O) groups excluding carboxylic acids is 1. The molecule has 0 aromatic carbocycles. The minimum Gasteiger partial charge on any atom is -0.387 e. The number of nitrogens with zero attached hydrogens (tertiary/aromatic N) is 1. The molecule has 334 valence electrons. The molecular formula is C48H92N2O6P+. The molecule has 3 atom stereocenters. The zero-order valence-electron chi connectivity index (χ0n) is 37.8. The summed E-state index contributed by atoms with van der Waals surface area (Å²) in [5.74, 6) is -0.197. The van der Waals surface area contributed by atoms with Crippen LogP contribution in [0.15, 0.2) is 48.6 Å². The summed E-state index contributed by atoms with van der Waals surface area (Å²) in [7, 11) is 1.54. The van der Waals surface area contributed by atoms with E-state index in [1.165, 1.54) is 128 Å². The number of quaternary nitrogens is 1. The summed E-state index contributed by atoms with van der Waals surface area (Å²) >= 11 is 0. The van der Waals surface area contributed by atoms with Crippen LogP contribution >= 0.6 is 7.82 Å². The number of carbonyl (C=O) groups is 1. The Labute approximate surface area is 352 Å². The number of unbranched alkanes of at least 4 members (excludes halogenated alkanes) is 23. The monoisotopic (exact) mass is 824 g/mol. The maximum absolute atomic E-state index is 12.9. The van der Waals surface area contributed by atoms with Crippen molar-refractivity contribution in [2.24, 2.45) is 0 Å². The van der Waals surface area contributed by atoms with Gasteiger partial charge in [0.05, 0.1) is 39.9 Å². The number of hydrogen-bond donors (Lipinski definition) is 3. The van der Waals surface area contributed by atoms with E-state index in [-0.39, 0.29) is 19.1 Å². The molecule has 0 aliphatic heterocycles. The van der Waals surface area contributed by atoms with Gasteiger partial charge in [-0.25, -0.2) is 4.57 Å². The summed E-state index contributed by atoms with van der Waals surface area (Å²) in [6, 6.07) is -0.871. The van der Waals surface area contributed by atoms with Gasteiger partial charge in [0, 0.05) is 6.42 Å². The molecule has 0 heterocycles. The molecule has 3 N–H and O–H groups in total. The largest absolute Gasteiger partial charge is 0.472 e. The van der Waals surface area contributed by atoms with Gasteiger partial charge in [-0.2, -0.15) is 0 Å². The quantitative estimate of drug-likeness (QED) is 0.0245. The van der Waals surface area contributed by atoms with Crippen molar-refractivity contribution in [3.8, 4) is 0 Å². The van der Waals surface area contributed by atoms with Crippen LogP contribution in [0.3, 0.4) is 0 Å². The van der Waals surface area contributed by atoms with E-state index < -0.39 is 20.0 Å². The van der Waals surface area contributed by atoms with Crippen molar-refractivity contribution in [2.75, 3.05) is 40.9 Å². The van der Waals surface area contributed by atoms with Crippen LogP contribution in [0.5, 0.6) is 0 Å². The Morgan fingerprint density at radius 3 is 1.46 bits per heavy atom. The summed E-state index contributed by atoms with van der Waals surface area (Å²) in [6.45, 7) is 4.73. The molecule has 0 aliphatic carbocycles. The predicted molar refractivity (Wildman–Crippen MR) is 244 cm³/mol. The summed E-state index contributed by atoms with van der Waals surface area (Å²) in [6.07, 6.45) is 50.5. The third-order valence-electron chi connectivity index (χ3n) is 10.2. The van der Waals surface area contributed by atoms with Crippen molar-refractivity contribution in [3.63, 3.8) is 0 Å². The van der Waals surface area contributed by atoms with Gasteiger partial charge in [-0.1, -0.05) is 178 Å². The number of aliphatic hydroxyl groups is 1. The molecule has 0 saturated heterocycles. The number of nitrogens with one attached hydrogen (secondary N) is 1. The molecule has 0 bridgehead atoms. The molecule has 0 aromatic rings. The van der Waals surface area contributed by atoms with Gasteiger partial charge in [-0.15, -0.1) is 0 Å².